The van der Waals surface area contributed by atoms with E-state index < -0.39 is 124 Å². The number of nitrogens with zero attached hydrogens (tertiary/aromatic N) is 9. The third kappa shape index (κ3) is 20.1. The summed E-state index contributed by atoms with van der Waals surface area (Å²) in [6.07, 6.45) is -4.73. The second-order valence-corrected chi connectivity index (χ2v) is 29.2. The highest BCUT2D eigenvalue weighted by atomic mass is 32.5. The maximum atomic E-state index is 13.9. The number of ether oxygens (including phenoxy) is 4. The number of aromatic nitrogens is 8. The van der Waals surface area contributed by atoms with Crippen molar-refractivity contribution in [1.82, 2.24) is 54.6 Å². The molecule has 7 heterocycles. The topological polar surface area (TPSA) is 496 Å². The highest BCUT2D eigenvalue weighted by Crippen LogP contribution is 2.54. The minimum absolute atomic E-state index is 0.00627. The number of carboxylic acid groups (broad SMARTS) is 1. The molecule has 35 nitrogen and oxygen atoms in total. The largest absolute Gasteiger partial charge is 0.481 e. The molecule has 0 saturated carbocycles. The molecule has 13 atom stereocenters. The summed E-state index contributed by atoms with van der Waals surface area (Å²) in [5, 5.41) is 28.6. The Balaban J connectivity index is 0.844. The number of carbonyl (C=O) groups excluding carboxylic acids is 7. The fraction of sp³-hybridized carbons (Fsp3) is 0.579. The highest BCUT2D eigenvalue weighted by Gasteiger charge is 2.54. The molecule has 0 aliphatic carbocycles. The van der Waals surface area contributed by atoms with E-state index >= 15 is 0 Å². The van der Waals surface area contributed by atoms with E-state index in [-0.39, 0.29) is 122 Å². The maximum Gasteiger partial charge on any atom is 0.409 e. The summed E-state index contributed by atoms with van der Waals surface area (Å²) >= 11 is 11.0. The second-order valence-electron chi connectivity index (χ2n) is 23.6. The molecule has 1 aromatic carbocycles. The number of ketones is 2. The van der Waals surface area contributed by atoms with Crippen molar-refractivity contribution in [2.45, 2.75) is 160 Å². The Bertz CT molecular complexity index is 3700. The van der Waals surface area contributed by atoms with Gasteiger partial charge in [0.05, 0.1) is 38.3 Å². The van der Waals surface area contributed by atoms with Crippen LogP contribution in [0.5, 0.6) is 0 Å². The van der Waals surface area contributed by atoms with Gasteiger partial charge in [0.25, 0.3) is 0 Å². The molecule has 13 N–H and O–H groups in total. The first-order valence-electron chi connectivity index (χ1n) is 30.8. The monoisotopic (exact) mass is 1420 g/mol. The SMILES string of the molecule is CC(CC(=O)O)C(=O)CCCCCCC(=O)N[C@H](C(=O)C[C@@H](CCCNC(N)=O)C(=O)Nc1ccc(COC(=O)N(C)CCCC(=O)O[C@@H]2[C@@H]3OP(O)(=S)OC[C@H]4O[C@@H](n5cnc6c(N)ncnc65)[C@H](OP(O)(=S)OC[C@H]3O[C@H]2n2cnc3c(N)ncnc32)[C@@H]4O)cc1)C(C)C. The average Bonchev–Trinajstić information content (AvgIpc) is 1.61. The number of aliphatic carboxylic acids is 1. The van der Waals surface area contributed by atoms with Crippen LogP contribution in [0.1, 0.15) is 116 Å². The zero-order valence-electron chi connectivity index (χ0n) is 52.9. The van der Waals surface area contributed by atoms with Crippen LogP contribution in [0.25, 0.3) is 22.3 Å². The molecule has 3 aliphatic heterocycles. The van der Waals surface area contributed by atoms with Crippen LogP contribution in [0.15, 0.2) is 49.6 Å². The molecule has 5 aromatic rings. The quantitative estimate of drug-likeness (QED) is 0.0179. The van der Waals surface area contributed by atoms with Crippen molar-refractivity contribution in [2.24, 2.45) is 23.5 Å². The fourth-order valence-corrected chi connectivity index (χ4v) is 13.8. The number of amides is 5. The van der Waals surface area contributed by atoms with Crippen LogP contribution in [-0.4, -0.2) is 187 Å². The third-order valence-corrected chi connectivity index (χ3v) is 19.2. The normalized spacial score (nSPS) is 24.5. The number of primary amides is 1. The number of benzene rings is 1. The smallest absolute Gasteiger partial charge is 0.409 e. The number of aliphatic hydroxyl groups is 1. The molecule has 3 unspecified atom stereocenters. The van der Waals surface area contributed by atoms with Gasteiger partial charge < -0.3 is 86.0 Å². The lowest BCUT2D eigenvalue weighted by Gasteiger charge is -2.29. The first kappa shape index (κ1) is 74.4. The summed E-state index contributed by atoms with van der Waals surface area (Å²) in [7, 11) is 1.45. The van der Waals surface area contributed by atoms with Crippen LogP contribution < -0.4 is 33.2 Å². The highest BCUT2D eigenvalue weighted by molar-refractivity contribution is 8.07. The Morgan fingerprint density at radius 1 is 0.750 bits per heavy atom. The van der Waals surface area contributed by atoms with Crippen LogP contribution in [0.4, 0.5) is 26.9 Å². The van der Waals surface area contributed by atoms with Crippen LogP contribution in [0.3, 0.4) is 0 Å². The number of fused-ring (bicyclic) bond motifs is 5. The summed E-state index contributed by atoms with van der Waals surface area (Å²) in [4.78, 5) is 152. The minimum atomic E-state index is -4.45. The van der Waals surface area contributed by atoms with Gasteiger partial charge in [-0.2, -0.15) is 0 Å². The standard InChI is InChI=1S/C57H79N15O20P2S2/c1-30(2)42(69-39(75)13-8-6-5-7-12-35(73)31(3)21-40(76)77)36(74)22-33(11-9-19-61-56(60)81)53(80)68-34-17-15-32(16-18-34)23-85-57(82)70(4)20-10-14-41(78)90-48-46-38(89-55(48)72-29-67-44-50(59)63-27-65-52(44)72)25-87-94(84,96)92-47-45(79)37(24-86-93(83,95)91-46)88-54(47)71-28-66-43-49(58)62-26-64-51(43)71/h15-18,26-31,33,37-38,42,45-48,54-55,79H,5-14,19-25H2,1-4H3,(H,68,80)(H,69,75)(H,76,77)(H,83,95)(H,84,96)(H2,58,62,64)(H2,59,63,65)(H3,60,61,81)/t31?,33-,37-,38-,42+,45-,46-,47-,48-,54-,55-,93?,94?/m1/s1. The van der Waals surface area contributed by atoms with Crippen molar-refractivity contribution >= 4 is 124 Å². The van der Waals surface area contributed by atoms with E-state index in [0.717, 1.165) is 0 Å². The summed E-state index contributed by atoms with van der Waals surface area (Å²) in [6.45, 7) is -5.04. The number of Topliss-reactive ketones (excluding diaryl/α,β-unsaturated/α-hetero) is 2. The van der Waals surface area contributed by atoms with Gasteiger partial charge >= 0.3 is 37.5 Å². The molecule has 4 aromatic heterocycles. The predicted molar refractivity (Wildman–Crippen MR) is 346 cm³/mol. The zero-order chi connectivity index (χ0) is 69.6. The summed E-state index contributed by atoms with van der Waals surface area (Å²) in [6, 6.07) is 4.74. The number of esters is 1. The van der Waals surface area contributed by atoms with E-state index in [1.165, 1.54) is 46.4 Å². The Kier molecular flexibility index (Phi) is 26.1. The Morgan fingerprint density at radius 2 is 1.34 bits per heavy atom. The maximum absolute atomic E-state index is 13.9. The van der Waals surface area contributed by atoms with Gasteiger partial charge in [0.1, 0.15) is 66.6 Å². The molecule has 8 rings (SSSR count). The second kappa shape index (κ2) is 33.7. The zero-order valence-corrected chi connectivity index (χ0v) is 56.3. The van der Waals surface area contributed by atoms with Crippen LogP contribution in [-0.2, 0) is 96.0 Å². The lowest BCUT2D eigenvalue weighted by atomic mass is 9.89. The number of anilines is 3. The molecule has 3 saturated heterocycles. The van der Waals surface area contributed by atoms with Crippen LogP contribution in [0, 0.1) is 17.8 Å². The molecule has 5 amide bonds. The van der Waals surface area contributed by atoms with Crippen molar-refractivity contribution in [3.8, 4) is 0 Å². The number of imidazole rings is 2. The number of nitrogens with one attached hydrogen (secondary N) is 3. The number of hydrogen-bond acceptors (Lipinski definition) is 27. The number of rotatable bonds is 30. The lowest BCUT2D eigenvalue weighted by Crippen LogP contribution is -2.45. The molecular weight excluding hydrogens is 1340 g/mol. The van der Waals surface area contributed by atoms with E-state index in [1.807, 2.05) is 0 Å². The van der Waals surface area contributed by atoms with Gasteiger partial charge in [0.15, 0.2) is 47.3 Å². The van der Waals surface area contributed by atoms with Gasteiger partial charge in [-0.25, -0.2) is 39.5 Å². The van der Waals surface area contributed by atoms with Crippen molar-refractivity contribution in [3.05, 3.63) is 55.1 Å². The Labute approximate surface area is 560 Å². The van der Waals surface area contributed by atoms with Gasteiger partial charge in [-0.1, -0.05) is 45.7 Å². The van der Waals surface area contributed by atoms with E-state index in [4.69, 9.17) is 83.0 Å². The van der Waals surface area contributed by atoms with Crippen molar-refractivity contribution in [1.29, 1.82) is 0 Å². The van der Waals surface area contributed by atoms with Gasteiger partial charge in [0, 0.05) is 63.3 Å². The van der Waals surface area contributed by atoms with E-state index in [1.54, 1.807) is 45.0 Å². The minimum Gasteiger partial charge on any atom is -0.481 e. The predicted octanol–water partition coefficient (Wildman–Crippen LogP) is 3.32. The first-order valence-corrected chi connectivity index (χ1v) is 36.0. The lowest BCUT2D eigenvalue weighted by molar-refractivity contribution is -0.158. The van der Waals surface area contributed by atoms with Crippen molar-refractivity contribution in [2.75, 3.05) is 50.1 Å². The molecule has 3 fully saturated rings. The molecule has 524 valence electrons. The molecular formula is C57H79N15O20P2S2. The van der Waals surface area contributed by atoms with Gasteiger partial charge in [-0.15, -0.1) is 0 Å². The van der Waals surface area contributed by atoms with Crippen LogP contribution >= 0.6 is 13.4 Å². The molecule has 39 heteroatoms. The first-order chi connectivity index (χ1) is 45.6. The number of aliphatic hydroxyl groups excluding tert-OH is 1. The summed E-state index contributed by atoms with van der Waals surface area (Å²) in [5.41, 5.74) is 18.9. The molecule has 0 spiro atoms. The number of hydrogen-bond donors (Lipinski definition) is 10. The molecule has 3 aliphatic rings. The number of nitrogens with two attached hydrogens (primary N) is 3. The fourth-order valence-electron chi connectivity index (χ4n) is 11.0. The van der Waals surface area contributed by atoms with E-state index in [9.17, 15) is 53.2 Å². The van der Waals surface area contributed by atoms with Gasteiger partial charge in [-0.3, -0.25) is 46.9 Å². The van der Waals surface area contributed by atoms with Gasteiger partial charge in [-0.05, 0) is 79.3 Å². The van der Waals surface area contributed by atoms with Crippen molar-refractivity contribution in [3.63, 3.8) is 0 Å². The number of nitrogen functional groups attached to an aromatic ring is 2. The van der Waals surface area contributed by atoms with Gasteiger partial charge in [0.2, 0.25) is 11.8 Å². The Morgan fingerprint density at radius 3 is 1.96 bits per heavy atom. The molecule has 0 radical (unpaired) electrons. The van der Waals surface area contributed by atoms with Crippen LogP contribution in [0.2, 0.25) is 0 Å². The Hall–Kier alpha value is -7.38. The third-order valence-electron chi connectivity index (χ3n) is 16.1. The molecule has 2 bridgehead atoms. The van der Waals surface area contributed by atoms with Crippen molar-refractivity contribution < 1.29 is 95.4 Å². The van der Waals surface area contributed by atoms with E-state index in [0.29, 0.717) is 43.4 Å². The number of carboxylic acids is 1. The number of carbonyl (C=O) groups is 8. The summed E-state index contributed by atoms with van der Waals surface area (Å²) in [5.74, 6) is -4.90. The number of urea groups is 1. The number of unbranched alkanes of at least 4 members (excludes halogenated alkanes) is 3. The average molecular weight is 1420 g/mol. The molecule has 96 heavy (non-hydrogen) atoms. The van der Waals surface area contributed by atoms with E-state index in [2.05, 4.69) is 45.9 Å². The summed E-state index contributed by atoms with van der Waals surface area (Å²) < 4.78 is 50.6.